The van der Waals surface area contributed by atoms with Gasteiger partial charge in [0.1, 0.15) is 11.4 Å². The van der Waals surface area contributed by atoms with Gasteiger partial charge in [-0.05, 0) is 36.2 Å². The van der Waals surface area contributed by atoms with Gasteiger partial charge in [0, 0.05) is 60.0 Å². The summed E-state index contributed by atoms with van der Waals surface area (Å²) in [7, 11) is 1.66. The van der Waals surface area contributed by atoms with Gasteiger partial charge in [0.15, 0.2) is 0 Å². The summed E-state index contributed by atoms with van der Waals surface area (Å²) in [6.45, 7) is 1.40. The number of H-pyrrole nitrogens is 1. The van der Waals surface area contributed by atoms with Gasteiger partial charge >= 0.3 is 6.09 Å². The maximum atomic E-state index is 12.6. The highest BCUT2D eigenvalue weighted by Crippen LogP contribution is 2.36. The number of halogens is 2. The molecule has 1 saturated heterocycles. The fourth-order valence-corrected chi connectivity index (χ4v) is 4.36. The first kappa shape index (κ1) is 26.6. The molecule has 8 nitrogen and oxygen atoms in total. The Kier molecular flexibility index (Phi) is 7.90. The average Bonchev–Trinajstić information content (AvgIpc) is 3.31. The summed E-state index contributed by atoms with van der Waals surface area (Å²) in [5.41, 5.74) is 5.22. The zero-order chi connectivity index (χ0) is 27.3. The predicted octanol–water partition coefficient (Wildman–Crippen LogP) is 6.26. The van der Waals surface area contributed by atoms with Crippen molar-refractivity contribution in [2.45, 2.75) is 25.7 Å². The minimum Gasteiger partial charge on any atom is -0.496 e. The summed E-state index contributed by atoms with van der Waals surface area (Å²) in [5.74, 6) is -2.12. The number of carbonyl (C=O) groups excluding carboxylic acids is 1. The van der Waals surface area contributed by atoms with Crippen LogP contribution in [0.5, 0.6) is 5.75 Å². The molecule has 0 saturated carbocycles. The van der Waals surface area contributed by atoms with E-state index < -0.39 is 18.6 Å². The highest BCUT2D eigenvalue weighted by Gasteiger charge is 2.35. The fraction of sp³-hybridized carbons (Fsp3) is 0.250. The van der Waals surface area contributed by atoms with Gasteiger partial charge in [-0.2, -0.15) is 0 Å². The molecule has 2 aromatic heterocycles. The van der Waals surface area contributed by atoms with Gasteiger partial charge in [0.05, 0.1) is 13.7 Å². The molecule has 0 radical (unpaired) electrons. The Morgan fingerprint density at radius 3 is 2.47 bits per heavy atom. The topological polar surface area (TPSA) is 108 Å². The third-order valence-electron chi connectivity index (χ3n) is 6.24. The van der Waals surface area contributed by atoms with Crippen LogP contribution in [-0.2, 0) is 4.79 Å². The van der Waals surface area contributed by atoms with Crippen molar-refractivity contribution in [3.63, 3.8) is 0 Å². The quantitative estimate of drug-likeness (QED) is 0.293. The van der Waals surface area contributed by atoms with Crippen LogP contribution < -0.4 is 10.1 Å². The lowest BCUT2D eigenvalue weighted by Crippen LogP contribution is -2.44. The van der Waals surface area contributed by atoms with E-state index in [2.05, 4.69) is 21.4 Å². The first-order valence-electron chi connectivity index (χ1n) is 12.0. The molecule has 4 aromatic rings. The molecular weight excluding hydrogens is 494 g/mol. The highest BCUT2D eigenvalue weighted by molar-refractivity contribution is 5.97. The fourth-order valence-electron chi connectivity index (χ4n) is 4.36. The lowest BCUT2D eigenvalue weighted by Gasteiger charge is -2.31. The molecule has 1 aliphatic heterocycles. The molecule has 38 heavy (non-hydrogen) atoms. The summed E-state index contributed by atoms with van der Waals surface area (Å²) in [6, 6.07) is 17.1. The summed E-state index contributed by atoms with van der Waals surface area (Å²) >= 11 is 0. The standard InChI is InChI=1S/C21H17N3O3.C7H11F2NO/c1-27-19-5-3-2-4-16(19)18-12-23-20-17(18)10-14(11-22-20)13-6-8-15(9-7-13)24-21(25)26;1-6(11)10-4-2-3-7(8,9)5-10/h2-12,24H,1H3,(H,22,23)(H,25,26);2-5H2,1H3. The van der Waals surface area contributed by atoms with E-state index in [9.17, 15) is 18.4 Å². The van der Waals surface area contributed by atoms with Crippen LogP contribution in [0.3, 0.4) is 0 Å². The molecule has 0 spiro atoms. The second-order valence-electron chi connectivity index (χ2n) is 8.93. The van der Waals surface area contributed by atoms with Crippen molar-refractivity contribution in [3.8, 4) is 28.0 Å². The normalized spacial score (nSPS) is 14.4. The maximum absolute atomic E-state index is 12.6. The number of pyridine rings is 1. The van der Waals surface area contributed by atoms with Crippen LogP contribution in [0.2, 0.25) is 0 Å². The molecule has 0 atom stereocenters. The number of aromatic amines is 1. The first-order valence-corrected chi connectivity index (χ1v) is 12.0. The zero-order valence-electron chi connectivity index (χ0n) is 21.0. The van der Waals surface area contributed by atoms with Crippen molar-refractivity contribution < 1.29 is 28.2 Å². The average molecular weight is 523 g/mol. The molecule has 3 heterocycles. The Bertz CT molecular complexity index is 1440. The van der Waals surface area contributed by atoms with E-state index in [4.69, 9.17) is 9.84 Å². The van der Waals surface area contributed by atoms with Crippen molar-refractivity contribution in [3.05, 3.63) is 67.0 Å². The number of methoxy groups -OCH3 is 1. The molecule has 2 amide bonds. The SMILES string of the molecule is CC(=O)N1CCCC(F)(F)C1.COc1ccccc1-c1c[nH]c2ncc(-c3ccc(NC(=O)O)cc3)cc12. The number of ether oxygens (including phenoxy) is 1. The first-order chi connectivity index (χ1) is 18.2. The van der Waals surface area contributed by atoms with Crippen LogP contribution in [-0.4, -0.2) is 58.1 Å². The number of likely N-dealkylation sites (tertiary alicyclic amines) is 1. The number of anilines is 1. The van der Waals surface area contributed by atoms with Gasteiger partial charge in [0.25, 0.3) is 5.92 Å². The number of rotatable bonds is 4. The van der Waals surface area contributed by atoms with E-state index in [0.29, 0.717) is 18.7 Å². The number of piperidine rings is 1. The Hall–Kier alpha value is -4.47. The number of alkyl halides is 2. The monoisotopic (exact) mass is 522 g/mol. The molecule has 0 aliphatic carbocycles. The maximum Gasteiger partial charge on any atom is 0.409 e. The molecule has 1 fully saturated rings. The van der Waals surface area contributed by atoms with E-state index in [1.165, 1.54) is 11.8 Å². The highest BCUT2D eigenvalue weighted by atomic mass is 19.3. The van der Waals surface area contributed by atoms with Crippen LogP contribution in [0.15, 0.2) is 67.0 Å². The number of carbonyl (C=O) groups is 2. The lowest BCUT2D eigenvalue weighted by molar-refractivity contribution is -0.139. The molecule has 2 aromatic carbocycles. The Balaban J connectivity index is 0.000000257. The van der Waals surface area contributed by atoms with Gasteiger partial charge in [0.2, 0.25) is 5.91 Å². The number of fused-ring (bicyclic) bond motifs is 1. The van der Waals surface area contributed by atoms with Crippen molar-refractivity contribution in [1.82, 2.24) is 14.9 Å². The predicted molar refractivity (Wildman–Crippen MR) is 142 cm³/mol. The van der Waals surface area contributed by atoms with E-state index >= 15 is 0 Å². The van der Waals surface area contributed by atoms with Crippen LogP contribution in [0.1, 0.15) is 19.8 Å². The minimum atomic E-state index is -2.66. The van der Waals surface area contributed by atoms with E-state index in [-0.39, 0.29) is 12.3 Å². The molecule has 1 aliphatic rings. The van der Waals surface area contributed by atoms with Gasteiger partial charge in [-0.15, -0.1) is 0 Å². The summed E-state index contributed by atoms with van der Waals surface area (Å²) < 4.78 is 30.7. The Morgan fingerprint density at radius 2 is 1.84 bits per heavy atom. The lowest BCUT2D eigenvalue weighted by atomic mass is 10.0. The summed E-state index contributed by atoms with van der Waals surface area (Å²) in [6.07, 6.45) is 2.96. The number of nitrogens with one attached hydrogen (secondary N) is 2. The van der Waals surface area contributed by atoms with Crippen LogP contribution in [0.25, 0.3) is 33.3 Å². The van der Waals surface area contributed by atoms with Crippen LogP contribution >= 0.6 is 0 Å². The number of para-hydroxylation sites is 1. The Labute approximate surface area is 218 Å². The number of carboxylic acid groups (broad SMARTS) is 1. The van der Waals surface area contributed by atoms with Gasteiger partial charge < -0.3 is 19.7 Å². The molecule has 5 rings (SSSR count). The van der Waals surface area contributed by atoms with Crippen LogP contribution in [0.4, 0.5) is 19.3 Å². The van der Waals surface area contributed by atoms with Crippen LogP contribution in [0, 0.1) is 0 Å². The van der Waals surface area contributed by atoms with Gasteiger partial charge in [-0.1, -0.05) is 30.3 Å². The number of hydrogen-bond donors (Lipinski definition) is 3. The molecular formula is C28H28F2N4O4. The smallest absolute Gasteiger partial charge is 0.409 e. The second kappa shape index (κ2) is 11.3. The largest absolute Gasteiger partial charge is 0.496 e. The van der Waals surface area contributed by atoms with Gasteiger partial charge in [-0.25, -0.2) is 18.6 Å². The number of hydrogen-bond acceptors (Lipinski definition) is 4. The van der Waals surface area contributed by atoms with E-state index in [1.807, 2.05) is 42.6 Å². The van der Waals surface area contributed by atoms with Crippen molar-refractivity contribution in [2.24, 2.45) is 0 Å². The molecule has 3 N–H and O–H groups in total. The number of nitrogens with zero attached hydrogens (tertiary/aromatic N) is 2. The molecule has 10 heteroatoms. The number of amides is 2. The van der Waals surface area contributed by atoms with Crippen molar-refractivity contribution >= 4 is 28.7 Å². The van der Waals surface area contributed by atoms with Crippen molar-refractivity contribution in [2.75, 3.05) is 25.5 Å². The summed E-state index contributed by atoms with van der Waals surface area (Å²) in [5, 5.41) is 12.1. The second-order valence-corrected chi connectivity index (χ2v) is 8.93. The molecule has 198 valence electrons. The molecule has 0 unspecified atom stereocenters. The van der Waals surface area contributed by atoms with E-state index in [1.54, 1.807) is 25.4 Å². The molecule has 0 bridgehead atoms. The summed E-state index contributed by atoms with van der Waals surface area (Å²) in [4.78, 5) is 30.3. The van der Waals surface area contributed by atoms with Gasteiger partial charge in [-0.3, -0.25) is 10.1 Å². The Morgan fingerprint density at radius 1 is 1.11 bits per heavy atom. The third-order valence-corrected chi connectivity index (χ3v) is 6.24. The third kappa shape index (κ3) is 6.26. The number of benzene rings is 2. The van der Waals surface area contributed by atoms with Crippen molar-refractivity contribution in [1.29, 1.82) is 0 Å². The van der Waals surface area contributed by atoms with E-state index in [0.717, 1.165) is 39.0 Å². The zero-order valence-corrected chi connectivity index (χ0v) is 21.0. The minimum absolute atomic E-state index is 0.0865. The number of aromatic nitrogens is 2.